The number of hydrogen-bond donors (Lipinski definition) is 2. The molecule has 104 valence electrons. The van der Waals surface area contributed by atoms with E-state index in [0.29, 0.717) is 10.7 Å². The van der Waals surface area contributed by atoms with E-state index >= 15 is 0 Å². The van der Waals surface area contributed by atoms with Crippen molar-refractivity contribution < 1.29 is 4.79 Å². The lowest BCUT2D eigenvalue weighted by Gasteiger charge is -2.16. The molecule has 0 aliphatic heterocycles. The molecule has 0 aromatic heterocycles. The largest absolute Gasteiger partial charge is 0.393 e. The van der Waals surface area contributed by atoms with Gasteiger partial charge in [0.25, 0.3) is 0 Å². The summed E-state index contributed by atoms with van der Waals surface area (Å²) < 4.78 is 0. The molecule has 0 saturated carbocycles. The monoisotopic (exact) mass is 296 g/mol. The average Bonchev–Trinajstić information content (AvgIpc) is 2.37. The zero-order chi connectivity index (χ0) is 14.4. The van der Waals surface area contributed by atoms with Crippen molar-refractivity contribution in [3.05, 3.63) is 29.3 Å². The van der Waals surface area contributed by atoms with Gasteiger partial charge in [0.2, 0.25) is 5.91 Å². The lowest BCUT2D eigenvalue weighted by molar-refractivity contribution is -0.115. The van der Waals surface area contributed by atoms with Gasteiger partial charge in [0.15, 0.2) is 0 Å². The normalized spacial score (nSPS) is 11.9. The first-order valence-corrected chi connectivity index (χ1v) is 7.70. The number of carbonyl (C=O) groups excluding carboxylic acids is 1. The molecule has 1 aromatic rings. The highest BCUT2D eigenvalue weighted by molar-refractivity contribution is 8.02. The van der Waals surface area contributed by atoms with E-state index in [-0.39, 0.29) is 11.2 Å². The fourth-order valence-electron chi connectivity index (χ4n) is 1.71. The van der Waals surface area contributed by atoms with Gasteiger partial charge in [0.05, 0.1) is 10.2 Å². The molecule has 5 heteroatoms. The van der Waals surface area contributed by atoms with Crippen LogP contribution in [0.3, 0.4) is 0 Å². The van der Waals surface area contributed by atoms with Crippen LogP contribution in [0, 0.1) is 6.92 Å². The van der Waals surface area contributed by atoms with Crippen LogP contribution in [0.1, 0.15) is 25.0 Å². The summed E-state index contributed by atoms with van der Waals surface area (Å²) in [7, 11) is 0. The maximum Gasteiger partial charge on any atom is 0.237 e. The predicted octanol–water partition coefficient (Wildman–Crippen LogP) is 2.90. The number of nitrogens with one attached hydrogen (secondary N) is 1. The van der Waals surface area contributed by atoms with Crippen molar-refractivity contribution in [2.24, 2.45) is 5.73 Å². The fourth-order valence-corrected chi connectivity index (χ4v) is 2.54. The topological polar surface area (TPSA) is 55.1 Å². The molecule has 1 aromatic carbocycles. The van der Waals surface area contributed by atoms with Gasteiger partial charge >= 0.3 is 0 Å². The van der Waals surface area contributed by atoms with Crippen LogP contribution in [0.4, 0.5) is 5.69 Å². The van der Waals surface area contributed by atoms with Crippen LogP contribution in [0.25, 0.3) is 0 Å². The first-order valence-electron chi connectivity index (χ1n) is 6.25. The molecular weight excluding hydrogens is 276 g/mol. The molecule has 0 aliphatic rings. The van der Waals surface area contributed by atoms with Crippen LogP contribution in [0.2, 0.25) is 0 Å². The number of rotatable bonds is 6. The van der Waals surface area contributed by atoms with Gasteiger partial charge in [-0.15, -0.1) is 11.8 Å². The Labute approximate surface area is 124 Å². The lowest BCUT2D eigenvalue weighted by atomic mass is 10.1. The minimum Gasteiger partial charge on any atom is -0.393 e. The van der Waals surface area contributed by atoms with E-state index in [1.165, 1.54) is 11.8 Å². The molecule has 0 heterocycles. The highest BCUT2D eigenvalue weighted by Crippen LogP contribution is 2.22. The first-order chi connectivity index (χ1) is 8.95. The molecule has 19 heavy (non-hydrogen) atoms. The van der Waals surface area contributed by atoms with Crippen molar-refractivity contribution in [2.45, 2.75) is 32.4 Å². The van der Waals surface area contributed by atoms with E-state index in [0.717, 1.165) is 23.2 Å². The second kappa shape index (κ2) is 7.50. The Morgan fingerprint density at radius 1 is 1.53 bits per heavy atom. The van der Waals surface area contributed by atoms with Crippen LogP contribution in [-0.2, 0) is 11.2 Å². The Balaban J connectivity index is 2.74. The van der Waals surface area contributed by atoms with Crippen molar-refractivity contribution in [1.29, 1.82) is 0 Å². The Kier molecular flexibility index (Phi) is 6.31. The van der Waals surface area contributed by atoms with Crippen molar-refractivity contribution in [2.75, 3.05) is 11.1 Å². The smallest absolute Gasteiger partial charge is 0.237 e. The number of thiocarbonyl (C=S) groups is 1. The number of anilines is 1. The second-order valence-electron chi connectivity index (χ2n) is 4.37. The van der Waals surface area contributed by atoms with Crippen molar-refractivity contribution in [1.82, 2.24) is 0 Å². The van der Waals surface area contributed by atoms with Gasteiger partial charge in [0, 0.05) is 11.4 Å². The van der Waals surface area contributed by atoms with Crippen molar-refractivity contribution in [3.8, 4) is 0 Å². The summed E-state index contributed by atoms with van der Waals surface area (Å²) in [6.07, 6.45) is 0.895. The average molecular weight is 296 g/mol. The maximum atomic E-state index is 12.1. The van der Waals surface area contributed by atoms with Gasteiger partial charge < -0.3 is 11.1 Å². The number of aryl methyl sites for hydroxylation is 2. The number of amides is 1. The molecule has 0 fully saturated rings. The number of benzene rings is 1. The Bertz CT molecular complexity index is 475. The minimum atomic E-state index is -0.175. The molecule has 0 spiro atoms. The number of carbonyl (C=O) groups is 1. The van der Waals surface area contributed by atoms with E-state index in [2.05, 4.69) is 12.2 Å². The third-order valence-corrected chi connectivity index (χ3v) is 4.35. The zero-order valence-electron chi connectivity index (χ0n) is 11.5. The van der Waals surface area contributed by atoms with Gasteiger partial charge in [-0.2, -0.15) is 0 Å². The molecule has 1 amide bonds. The van der Waals surface area contributed by atoms with Gasteiger partial charge in [0.1, 0.15) is 0 Å². The molecule has 0 radical (unpaired) electrons. The number of thioether (sulfide) groups is 1. The van der Waals surface area contributed by atoms with Crippen LogP contribution in [0.15, 0.2) is 18.2 Å². The van der Waals surface area contributed by atoms with Crippen LogP contribution >= 0.6 is 24.0 Å². The third kappa shape index (κ3) is 4.84. The summed E-state index contributed by atoms with van der Waals surface area (Å²) >= 11 is 6.27. The first kappa shape index (κ1) is 16.0. The molecule has 1 unspecified atom stereocenters. The summed E-state index contributed by atoms with van der Waals surface area (Å²) in [5, 5.41) is 2.83. The summed E-state index contributed by atoms with van der Waals surface area (Å²) in [6, 6.07) is 6.05. The number of para-hydroxylation sites is 1. The molecule has 0 saturated heterocycles. The molecule has 0 bridgehead atoms. The Hall–Kier alpha value is -1.07. The quantitative estimate of drug-likeness (QED) is 0.793. The van der Waals surface area contributed by atoms with Crippen LogP contribution < -0.4 is 11.1 Å². The van der Waals surface area contributed by atoms with E-state index in [4.69, 9.17) is 18.0 Å². The standard InChI is InChI=1S/C14H20N2OS2/c1-4-11-7-5-6-9(2)13(11)16-14(17)10(3)19-8-12(15)18/h5-7,10H,4,8H2,1-3H3,(H2,15,18)(H,16,17). The van der Waals surface area contributed by atoms with Crippen molar-refractivity contribution in [3.63, 3.8) is 0 Å². The van der Waals surface area contributed by atoms with E-state index in [1.54, 1.807) is 0 Å². The minimum absolute atomic E-state index is 0.00903. The summed E-state index contributed by atoms with van der Waals surface area (Å²) in [4.78, 5) is 12.6. The molecule has 3 nitrogen and oxygen atoms in total. The molecule has 0 aliphatic carbocycles. The van der Waals surface area contributed by atoms with Gasteiger partial charge in [-0.05, 0) is 31.4 Å². The van der Waals surface area contributed by atoms with Crippen LogP contribution in [-0.4, -0.2) is 21.9 Å². The maximum absolute atomic E-state index is 12.1. The lowest BCUT2D eigenvalue weighted by Crippen LogP contribution is -2.25. The summed E-state index contributed by atoms with van der Waals surface area (Å²) in [5.41, 5.74) is 8.61. The highest BCUT2D eigenvalue weighted by atomic mass is 32.2. The van der Waals surface area contributed by atoms with Crippen molar-refractivity contribution >= 4 is 40.6 Å². The van der Waals surface area contributed by atoms with Crippen LogP contribution in [0.5, 0.6) is 0 Å². The number of hydrogen-bond acceptors (Lipinski definition) is 3. The van der Waals surface area contributed by atoms with E-state index in [1.807, 2.05) is 32.0 Å². The number of nitrogens with two attached hydrogens (primary N) is 1. The molecular formula is C14H20N2OS2. The molecule has 3 N–H and O–H groups in total. The zero-order valence-corrected chi connectivity index (χ0v) is 13.2. The highest BCUT2D eigenvalue weighted by Gasteiger charge is 2.16. The SMILES string of the molecule is CCc1cccc(C)c1NC(=O)C(C)SCC(N)=S. The molecule has 1 rings (SSSR count). The summed E-state index contributed by atoms with van der Waals surface area (Å²) in [5.74, 6) is 0.517. The third-order valence-electron chi connectivity index (χ3n) is 2.83. The molecule has 1 atom stereocenters. The van der Waals surface area contributed by atoms with E-state index < -0.39 is 0 Å². The van der Waals surface area contributed by atoms with E-state index in [9.17, 15) is 4.79 Å². The van der Waals surface area contributed by atoms with Gasteiger partial charge in [-0.1, -0.05) is 37.3 Å². The predicted molar refractivity (Wildman–Crippen MR) is 87.9 cm³/mol. The Morgan fingerprint density at radius 2 is 2.21 bits per heavy atom. The summed E-state index contributed by atoms with van der Waals surface area (Å²) in [6.45, 7) is 5.94. The second-order valence-corrected chi connectivity index (χ2v) is 6.22. The van der Waals surface area contributed by atoms with Gasteiger partial charge in [-0.25, -0.2) is 0 Å². The fraction of sp³-hybridized carbons (Fsp3) is 0.429. The Morgan fingerprint density at radius 3 is 2.79 bits per heavy atom. The van der Waals surface area contributed by atoms with Gasteiger partial charge in [-0.3, -0.25) is 4.79 Å².